The third kappa shape index (κ3) is 4.53. The van der Waals surface area contributed by atoms with Gasteiger partial charge >= 0.3 is 0 Å². The number of thiazole rings is 1. The minimum Gasteiger partial charge on any atom is -0.496 e. The second-order valence-electron chi connectivity index (χ2n) is 6.30. The van der Waals surface area contributed by atoms with Crippen molar-refractivity contribution in [1.82, 2.24) is 4.98 Å². The van der Waals surface area contributed by atoms with Crippen LogP contribution in [0.5, 0.6) is 5.75 Å². The first-order valence-electron chi connectivity index (χ1n) is 7.36. The lowest BCUT2D eigenvalue weighted by atomic mass is 9.98. The van der Waals surface area contributed by atoms with Crippen molar-refractivity contribution in [2.24, 2.45) is 0 Å². The molecule has 2 rings (SSSR count). The van der Waals surface area contributed by atoms with E-state index in [4.69, 9.17) is 4.74 Å². The van der Waals surface area contributed by atoms with E-state index < -0.39 is 0 Å². The van der Waals surface area contributed by atoms with Crippen LogP contribution in [0.2, 0.25) is 0 Å². The Kier molecular flexibility index (Phi) is 5.38. The molecule has 1 amide bonds. The number of ether oxygens (including phenoxy) is 1. The van der Waals surface area contributed by atoms with Crippen LogP contribution in [-0.2, 0) is 23.2 Å². The molecule has 23 heavy (non-hydrogen) atoms. The molecule has 0 aliphatic carbocycles. The average molecular weight is 334 g/mol. The van der Waals surface area contributed by atoms with E-state index in [0.29, 0.717) is 17.0 Å². The molecule has 1 aromatic carbocycles. The molecule has 0 fully saturated rings. The maximum atomic E-state index is 12.2. The first-order valence-corrected chi connectivity index (χ1v) is 8.24. The van der Waals surface area contributed by atoms with E-state index in [-0.39, 0.29) is 24.3 Å². The van der Waals surface area contributed by atoms with E-state index in [2.05, 4.69) is 31.1 Å². The fourth-order valence-electron chi connectivity index (χ4n) is 2.08. The number of nitrogens with one attached hydrogen (secondary N) is 1. The quantitative estimate of drug-likeness (QED) is 0.881. The van der Waals surface area contributed by atoms with Gasteiger partial charge in [-0.1, -0.05) is 20.8 Å². The summed E-state index contributed by atoms with van der Waals surface area (Å²) in [4.78, 5) is 16.7. The fourth-order valence-corrected chi connectivity index (χ4v) is 2.99. The number of anilines is 1. The monoisotopic (exact) mass is 334 g/mol. The molecule has 0 saturated carbocycles. The Bertz CT molecular complexity index is 689. The predicted molar refractivity (Wildman–Crippen MR) is 92.1 cm³/mol. The number of amides is 1. The Morgan fingerprint density at radius 1 is 1.39 bits per heavy atom. The lowest BCUT2D eigenvalue weighted by Crippen LogP contribution is -2.16. The third-order valence-electron chi connectivity index (χ3n) is 3.27. The third-order valence-corrected chi connectivity index (χ3v) is 4.59. The number of carbonyl (C=O) groups excluding carboxylic acids is 1. The summed E-state index contributed by atoms with van der Waals surface area (Å²) in [5, 5.41) is 15.1. The van der Waals surface area contributed by atoms with Gasteiger partial charge in [-0.3, -0.25) is 4.79 Å². The van der Waals surface area contributed by atoms with Gasteiger partial charge in [-0.15, -0.1) is 11.3 Å². The van der Waals surface area contributed by atoms with Crippen molar-refractivity contribution in [3.8, 4) is 5.75 Å². The van der Waals surface area contributed by atoms with Crippen molar-refractivity contribution in [2.75, 3.05) is 12.4 Å². The van der Waals surface area contributed by atoms with Gasteiger partial charge in [0, 0.05) is 22.0 Å². The molecule has 0 unspecified atom stereocenters. The first-order chi connectivity index (χ1) is 10.8. The van der Waals surface area contributed by atoms with Gasteiger partial charge in [0.2, 0.25) is 5.91 Å². The highest BCUT2D eigenvalue weighted by Gasteiger charge is 2.18. The average Bonchev–Trinajstić information content (AvgIpc) is 2.95. The number of rotatable bonds is 5. The van der Waals surface area contributed by atoms with Crippen LogP contribution in [0, 0.1) is 0 Å². The fraction of sp³-hybridized carbons (Fsp3) is 0.412. The van der Waals surface area contributed by atoms with Crippen molar-refractivity contribution < 1.29 is 14.6 Å². The molecule has 5 nitrogen and oxygen atoms in total. The summed E-state index contributed by atoms with van der Waals surface area (Å²) in [5.74, 6) is 0.463. The molecule has 0 aliphatic heterocycles. The Morgan fingerprint density at radius 3 is 2.70 bits per heavy atom. The highest BCUT2D eigenvalue weighted by atomic mass is 32.1. The number of hydrogen-bond donors (Lipinski definition) is 2. The van der Waals surface area contributed by atoms with Gasteiger partial charge in [-0.05, 0) is 18.2 Å². The normalized spacial score (nSPS) is 11.3. The van der Waals surface area contributed by atoms with Gasteiger partial charge in [-0.25, -0.2) is 4.98 Å². The Labute approximate surface area is 140 Å². The standard InChI is InChI=1S/C17H22N2O3S/c1-17(2,3)16-19-13(10-23-16)8-15(21)18-12-5-6-14(22-4)11(7-12)9-20/h5-7,10,20H,8-9H2,1-4H3,(H,18,21). The van der Waals surface area contributed by atoms with Crippen molar-refractivity contribution in [1.29, 1.82) is 0 Å². The van der Waals surface area contributed by atoms with Crippen molar-refractivity contribution in [3.63, 3.8) is 0 Å². The zero-order valence-corrected chi connectivity index (χ0v) is 14.7. The van der Waals surface area contributed by atoms with E-state index in [1.54, 1.807) is 36.6 Å². The number of benzene rings is 1. The zero-order valence-electron chi connectivity index (χ0n) is 13.8. The highest BCUT2D eigenvalue weighted by Crippen LogP contribution is 2.26. The van der Waals surface area contributed by atoms with Gasteiger partial charge < -0.3 is 15.2 Å². The van der Waals surface area contributed by atoms with Crippen molar-refractivity contribution >= 4 is 22.9 Å². The molecule has 0 spiro atoms. The summed E-state index contributed by atoms with van der Waals surface area (Å²) in [7, 11) is 1.54. The van der Waals surface area contributed by atoms with Crippen molar-refractivity contribution in [2.45, 2.75) is 39.2 Å². The van der Waals surface area contributed by atoms with Crippen LogP contribution in [0.25, 0.3) is 0 Å². The summed E-state index contributed by atoms with van der Waals surface area (Å²) in [5.41, 5.74) is 2.03. The van der Waals surface area contributed by atoms with Gasteiger partial charge in [0.05, 0.1) is 30.8 Å². The molecule has 124 valence electrons. The smallest absolute Gasteiger partial charge is 0.230 e. The maximum Gasteiger partial charge on any atom is 0.230 e. The second kappa shape index (κ2) is 7.10. The first kappa shape index (κ1) is 17.4. The SMILES string of the molecule is COc1ccc(NC(=O)Cc2csc(C(C)(C)C)n2)cc1CO. The van der Waals surface area contributed by atoms with E-state index in [1.165, 1.54) is 0 Å². The lowest BCUT2D eigenvalue weighted by Gasteiger charge is -2.13. The topological polar surface area (TPSA) is 71.5 Å². The molecule has 2 aromatic rings. The largest absolute Gasteiger partial charge is 0.496 e. The van der Waals surface area contributed by atoms with Crippen LogP contribution < -0.4 is 10.1 Å². The number of aliphatic hydroxyl groups excluding tert-OH is 1. The number of hydrogen-bond acceptors (Lipinski definition) is 5. The molecule has 0 radical (unpaired) electrons. The van der Waals surface area contributed by atoms with Crippen LogP contribution in [0.1, 0.15) is 37.0 Å². The molecular formula is C17H22N2O3S. The number of carbonyl (C=O) groups is 1. The van der Waals surface area contributed by atoms with Gasteiger partial charge in [0.1, 0.15) is 5.75 Å². The molecule has 2 N–H and O–H groups in total. The highest BCUT2D eigenvalue weighted by molar-refractivity contribution is 7.09. The minimum atomic E-state index is -0.145. The molecule has 0 atom stereocenters. The van der Waals surface area contributed by atoms with Crippen molar-refractivity contribution in [3.05, 3.63) is 39.8 Å². The lowest BCUT2D eigenvalue weighted by molar-refractivity contribution is -0.115. The predicted octanol–water partition coefficient (Wildman–Crippen LogP) is 3.12. The summed E-state index contributed by atoms with van der Waals surface area (Å²) in [6.45, 7) is 6.16. The summed E-state index contributed by atoms with van der Waals surface area (Å²) in [6, 6.07) is 5.18. The van der Waals surface area contributed by atoms with Crippen LogP contribution in [0.3, 0.4) is 0 Å². The minimum absolute atomic E-state index is 0.00853. The number of methoxy groups -OCH3 is 1. The molecule has 0 saturated heterocycles. The Hall–Kier alpha value is -1.92. The molecule has 0 bridgehead atoms. The van der Waals surface area contributed by atoms with E-state index in [0.717, 1.165) is 10.7 Å². The second-order valence-corrected chi connectivity index (χ2v) is 7.16. The summed E-state index contributed by atoms with van der Waals surface area (Å²) >= 11 is 1.58. The maximum absolute atomic E-state index is 12.2. The Balaban J connectivity index is 2.03. The van der Waals surface area contributed by atoms with E-state index >= 15 is 0 Å². The van der Waals surface area contributed by atoms with Gasteiger partial charge in [0.15, 0.2) is 0 Å². The molecule has 0 aliphatic rings. The molecular weight excluding hydrogens is 312 g/mol. The summed E-state index contributed by atoms with van der Waals surface area (Å²) < 4.78 is 5.15. The number of aromatic nitrogens is 1. The van der Waals surface area contributed by atoms with E-state index in [1.807, 2.05) is 5.38 Å². The molecule has 6 heteroatoms. The van der Waals surface area contributed by atoms with Crippen LogP contribution in [0.15, 0.2) is 23.6 Å². The van der Waals surface area contributed by atoms with Crippen LogP contribution in [0.4, 0.5) is 5.69 Å². The Morgan fingerprint density at radius 2 is 2.13 bits per heavy atom. The zero-order chi connectivity index (χ0) is 17.0. The number of nitrogens with zero attached hydrogens (tertiary/aromatic N) is 1. The van der Waals surface area contributed by atoms with Crippen LogP contribution >= 0.6 is 11.3 Å². The van der Waals surface area contributed by atoms with Gasteiger partial charge in [-0.2, -0.15) is 0 Å². The van der Waals surface area contributed by atoms with Gasteiger partial charge in [0.25, 0.3) is 0 Å². The number of aliphatic hydroxyl groups is 1. The molecule has 1 aromatic heterocycles. The molecule has 1 heterocycles. The van der Waals surface area contributed by atoms with Crippen LogP contribution in [-0.4, -0.2) is 23.1 Å². The van der Waals surface area contributed by atoms with E-state index in [9.17, 15) is 9.90 Å². The summed E-state index contributed by atoms with van der Waals surface area (Å²) in [6.07, 6.45) is 0.229.